The summed E-state index contributed by atoms with van der Waals surface area (Å²) in [4.78, 5) is 13.7. The van der Waals surface area contributed by atoms with Crippen LogP contribution in [0.4, 0.5) is 0 Å². The molecule has 0 aliphatic carbocycles. The summed E-state index contributed by atoms with van der Waals surface area (Å²) in [6.07, 6.45) is 6.51. The molecule has 0 aromatic heterocycles. The maximum atomic E-state index is 12.2. The standard InChI is InChI=1S/C18H20N4O2/c1-3-4-9-18(20-21-18)10-8-17(24)22(2)13-16(23)15-7-5-6-14(11-15)12-19/h1,5-7,11,16,23H,4,8-10,13H2,2H3. The lowest BCUT2D eigenvalue weighted by Gasteiger charge is -2.22. The van der Waals surface area contributed by atoms with Crippen LogP contribution in [0.1, 0.15) is 42.9 Å². The first kappa shape index (κ1) is 17.7. The van der Waals surface area contributed by atoms with Crippen LogP contribution in [0.3, 0.4) is 0 Å². The van der Waals surface area contributed by atoms with Crippen molar-refractivity contribution in [2.75, 3.05) is 13.6 Å². The molecule has 1 atom stereocenters. The number of terminal acetylenes is 1. The van der Waals surface area contributed by atoms with Crippen LogP contribution in [0, 0.1) is 23.7 Å². The number of amides is 1. The highest BCUT2D eigenvalue weighted by molar-refractivity contribution is 5.76. The van der Waals surface area contributed by atoms with Crippen molar-refractivity contribution in [3.63, 3.8) is 0 Å². The summed E-state index contributed by atoms with van der Waals surface area (Å²) in [5.41, 5.74) is 0.627. The molecule has 1 aromatic rings. The maximum Gasteiger partial charge on any atom is 0.222 e. The van der Waals surface area contributed by atoms with E-state index in [0.29, 0.717) is 36.8 Å². The van der Waals surface area contributed by atoms with E-state index in [4.69, 9.17) is 11.7 Å². The molecule has 1 aliphatic heterocycles. The molecule has 1 aromatic carbocycles. The van der Waals surface area contributed by atoms with Gasteiger partial charge in [-0.25, -0.2) is 0 Å². The molecule has 24 heavy (non-hydrogen) atoms. The van der Waals surface area contributed by atoms with Crippen LogP contribution in [0.15, 0.2) is 34.5 Å². The molecule has 6 nitrogen and oxygen atoms in total. The van der Waals surface area contributed by atoms with Crippen LogP contribution in [-0.4, -0.2) is 35.2 Å². The average molecular weight is 324 g/mol. The highest BCUT2D eigenvalue weighted by atomic mass is 16.3. The predicted molar refractivity (Wildman–Crippen MR) is 88.6 cm³/mol. The fourth-order valence-corrected chi connectivity index (χ4v) is 2.45. The van der Waals surface area contributed by atoms with Crippen LogP contribution in [0.25, 0.3) is 0 Å². The minimum atomic E-state index is -0.835. The van der Waals surface area contributed by atoms with E-state index < -0.39 is 11.8 Å². The van der Waals surface area contributed by atoms with Crippen molar-refractivity contribution in [1.29, 1.82) is 5.26 Å². The number of benzene rings is 1. The SMILES string of the molecule is C#CCCC1(CCC(=O)N(C)CC(O)c2cccc(C#N)c2)N=N1. The summed E-state index contributed by atoms with van der Waals surface area (Å²) in [7, 11) is 1.65. The van der Waals surface area contributed by atoms with Gasteiger partial charge in [0.2, 0.25) is 5.91 Å². The topological polar surface area (TPSA) is 89.1 Å². The van der Waals surface area contributed by atoms with E-state index in [9.17, 15) is 9.90 Å². The largest absolute Gasteiger partial charge is 0.387 e. The lowest BCUT2D eigenvalue weighted by Crippen LogP contribution is -2.31. The number of carbonyl (C=O) groups is 1. The van der Waals surface area contributed by atoms with Crippen molar-refractivity contribution in [3.8, 4) is 18.4 Å². The van der Waals surface area contributed by atoms with E-state index in [-0.39, 0.29) is 12.5 Å². The molecule has 124 valence electrons. The van der Waals surface area contributed by atoms with E-state index in [2.05, 4.69) is 16.1 Å². The first-order valence-electron chi connectivity index (χ1n) is 7.79. The van der Waals surface area contributed by atoms with Crippen LogP contribution >= 0.6 is 0 Å². The Morgan fingerprint density at radius 3 is 2.83 bits per heavy atom. The number of aliphatic hydroxyl groups excluding tert-OH is 1. The molecule has 1 N–H and O–H groups in total. The van der Waals surface area contributed by atoms with Gasteiger partial charge in [-0.3, -0.25) is 4.79 Å². The fraction of sp³-hybridized carbons (Fsp3) is 0.444. The quantitative estimate of drug-likeness (QED) is 0.745. The van der Waals surface area contributed by atoms with Gasteiger partial charge in [-0.2, -0.15) is 15.5 Å². The molecule has 1 amide bonds. The first-order valence-corrected chi connectivity index (χ1v) is 7.79. The second-order valence-electron chi connectivity index (χ2n) is 5.91. The number of hydrogen-bond acceptors (Lipinski definition) is 5. The number of likely N-dealkylation sites (N-methyl/N-ethyl adjacent to an activating group) is 1. The minimum absolute atomic E-state index is 0.0807. The summed E-state index contributed by atoms with van der Waals surface area (Å²) in [5.74, 6) is 2.48. The maximum absolute atomic E-state index is 12.2. The Labute approximate surface area is 141 Å². The van der Waals surface area contributed by atoms with Gasteiger partial charge in [0.1, 0.15) is 0 Å². The number of aliphatic hydroxyl groups is 1. The molecular weight excluding hydrogens is 304 g/mol. The first-order chi connectivity index (χ1) is 11.5. The van der Waals surface area contributed by atoms with Crippen molar-refractivity contribution in [1.82, 2.24) is 4.90 Å². The Morgan fingerprint density at radius 1 is 1.46 bits per heavy atom. The van der Waals surface area contributed by atoms with E-state index in [1.165, 1.54) is 4.90 Å². The second kappa shape index (κ2) is 7.72. The van der Waals surface area contributed by atoms with Crippen molar-refractivity contribution in [2.45, 2.75) is 37.5 Å². The summed E-state index contributed by atoms with van der Waals surface area (Å²) in [6.45, 7) is 0.166. The molecular formula is C18H20N4O2. The summed E-state index contributed by atoms with van der Waals surface area (Å²) >= 11 is 0. The number of nitrogens with zero attached hydrogens (tertiary/aromatic N) is 4. The van der Waals surface area contributed by atoms with E-state index in [1.54, 1.807) is 31.3 Å². The van der Waals surface area contributed by atoms with Crippen LogP contribution in [-0.2, 0) is 4.79 Å². The van der Waals surface area contributed by atoms with Gasteiger partial charge in [0.05, 0.1) is 24.3 Å². The minimum Gasteiger partial charge on any atom is -0.387 e. The van der Waals surface area contributed by atoms with E-state index in [0.717, 1.165) is 0 Å². The third kappa shape index (κ3) is 4.65. The zero-order valence-corrected chi connectivity index (χ0v) is 13.6. The van der Waals surface area contributed by atoms with Crippen molar-refractivity contribution < 1.29 is 9.90 Å². The summed E-state index contributed by atoms with van der Waals surface area (Å²) < 4.78 is 0. The second-order valence-corrected chi connectivity index (χ2v) is 5.91. The molecule has 0 radical (unpaired) electrons. The van der Waals surface area contributed by atoms with Gasteiger partial charge in [0.15, 0.2) is 5.66 Å². The van der Waals surface area contributed by atoms with Crippen LogP contribution < -0.4 is 0 Å². The zero-order chi connectivity index (χ0) is 17.6. The molecule has 0 bridgehead atoms. The molecule has 0 saturated carbocycles. The normalized spacial score (nSPS) is 15.2. The lowest BCUT2D eigenvalue weighted by atomic mass is 10.0. The van der Waals surface area contributed by atoms with Gasteiger partial charge in [-0.15, -0.1) is 12.3 Å². The summed E-state index contributed by atoms with van der Waals surface area (Å²) in [5, 5.41) is 27.2. The Hall–Kier alpha value is -2.70. The third-order valence-electron chi connectivity index (χ3n) is 4.06. The van der Waals surface area contributed by atoms with E-state index >= 15 is 0 Å². The van der Waals surface area contributed by atoms with Crippen molar-refractivity contribution in [2.24, 2.45) is 10.2 Å². The molecule has 1 unspecified atom stereocenters. The van der Waals surface area contributed by atoms with Crippen LogP contribution in [0.2, 0.25) is 0 Å². The third-order valence-corrected chi connectivity index (χ3v) is 4.06. The highest BCUT2D eigenvalue weighted by Crippen LogP contribution is 2.37. The van der Waals surface area contributed by atoms with Gasteiger partial charge >= 0.3 is 0 Å². The Kier molecular flexibility index (Phi) is 5.68. The smallest absolute Gasteiger partial charge is 0.222 e. The fourth-order valence-electron chi connectivity index (χ4n) is 2.45. The molecule has 0 fully saturated rings. The van der Waals surface area contributed by atoms with Gasteiger partial charge < -0.3 is 10.0 Å². The van der Waals surface area contributed by atoms with Crippen molar-refractivity contribution in [3.05, 3.63) is 35.4 Å². The number of nitriles is 1. The summed E-state index contributed by atoms with van der Waals surface area (Å²) in [6, 6.07) is 8.78. The van der Waals surface area contributed by atoms with Crippen LogP contribution in [0.5, 0.6) is 0 Å². The molecule has 6 heteroatoms. The van der Waals surface area contributed by atoms with Gasteiger partial charge in [-0.05, 0) is 17.7 Å². The van der Waals surface area contributed by atoms with E-state index in [1.807, 2.05) is 6.07 Å². The predicted octanol–water partition coefficient (Wildman–Crippen LogP) is 2.41. The zero-order valence-electron chi connectivity index (χ0n) is 13.6. The number of hydrogen-bond donors (Lipinski definition) is 1. The Morgan fingerprint density at radius 2 is 2.21 bits per heavy atom. The van der Waals surface area contributed by atoms with Gasteiger partial charge in [0, 0.05) is 32.7 Å². The average Bonchev–Trinajstić information content (AvgIpc) is 3.38. The molecule has 2 rings (SSSR count). The molecule has 1 aliphatic rings. The molecule has 0 spiro atoms. The molecule has 1 heterocycles. The highest BCUT2D eigenvalue weighted by Gasteiger charge is 2.39. The Balaban J connectivity index is 1.83. The van der Waals surface area contributed by atoms with Gasteiger partial charge in [0.25, 0.3) is 0 Å². The monoisotopic (exact) mass is 324 g/mol. The number of carbonyl (C=O) groups excluding carboxylic acids is 1. The lowest BCUT2D eigenvalue weighted by molar-refractivity contribution is -0.131. The number of rotatable bonds is 8. The molecule has 0 saturated heterocycles. The Bertz CT molecular complexity index is 708. The van der Waals surface area contributed by atoms with Crippen molar-refractivity contribution >= 4 is 5.91 Å². The van der Waals surface area contributed by atoms with Gasteiger partial charge in [-0.1, -0.05) is 12.1 Å².